The van der Waals surface area contributed by atoms with E-state index in [0.717, 1.165) is 36.5 Å². The number of hydrogen-bond donors (Lipinski definition) is 2. The summed E-state index contributed by atoms with van der Waals surface area (Å²) in [7, 11) is 0. The number of amides is 2. The Morgan fingerprint density at radius 3 is 2.47 bits per heavy atom. The summed E-state index contributed by atoms with van der Waals surface area (Å²) in [6.07, 6.45) is 3.56. The van der Waals surface area contributed by atoms with E-state index in [9.17, 15) is 4.79 Å². The predicted octanol–water partition coefficient (Wildman–Crippen LogP) is 5.68. The Hall–Kier alpha value is -4.04. The second-order valence-electron chi connectivity index (χ2n) is 8.74. The molecule has 0 atom stereocenters. The minimum absolute atomic E-state index is 0.175. The standard InChI is InChI=1S/C28H30N4O4/c33-27(30-21-7-2-1-3-8-21)29-17-6-18-32(22-11-12-22)19-20-34-23-13-15-24(16-14-23)35-28-31-25-9-4-5-10-26(25)36-28/h1-5,7-10,13-16,22H,6,11-12,17-20H2,(H2,29,30,33). The quantitative estimate of drug-likeness (QED) is 0.251. The Morgan fingerprint density at radius 2 is 1.69 bits per heavy atom. The lowest BCUT2D eigenvalue weighted by atomic mass is 10.3. The van der Waals surface area contributed by atoms with Crippen LogP contribution in [0.3, 0.4) is 0 Å². The van der Waals surface area contributed by atoms with E-state index in [0.29, 0.717) is 30.5 Å². The fourth-order valence-corrected chi connectivity index (χ4v) is 3.98. The minimum Gasteiger partial charge on any atom is -0.492 e. The first-order valence-corrected chi connectivity index (χ1v) is 12.3. The molecule has 0 radical (unpaired) electrons. The Morgan fingerprint density at radius 1 is 0.944 bits per heavy atom. The van der Waals surface area contributed by atoms with Crippen LogP contribution >= 0.6 is 0 Å². The minimum atomic E-state index is -0.175. The van der Waals surface area contributed by atoms with E-state index in [4.69, 9.17) is 13.9 Å². The molecule has 1 aliphatic rings. The Labute approximate surface area is 210 Å². The van der Waals surface area contributed by atoms with Crippen molar-refractivity contribution in [1.29, 1.82) is 0 Å². The van der Waals surface area contributed by atoms with Gasteiger partial charge in [-0.25, -0.2) is 4.79 Å². The third-order valence-electron chi connectivity index (χ3n) is 5.95. The largest absolute Gasteiger partial charge is 0.492 e. The van der Waals surface area contributed by atoms with Crippen molar-refractivity contribution in [3.05, 3.63) is 78.9 Å². The number of aromatic nitrogens is 1. The summed E-state index contributed by atoms with van der Waals surface area (Å²) >= 11 is 0. The van der Waals surface area contributed by atoms with E-state index in [1.54, 1.807) is 0 Å². The van der Waals surface area contributed by atoms with Crippen LogP contribution in [0, 0.1) is 0 Å². The zero-order valence-electron chi connectivity index (χ0n) is 20.1. The van der Waals surface area contributed by atoms with E-state index in [-0.39, 0.29) is 12.1 Å². The molecule has 1 aliphatic carbocycles. The maximum absolute atomic E-state index is 12.0. The Bertz CT molecular complexity index is 1220. The van der Waals surface area contributed by atoms with E-state index >= 15 is 0 Å². The van der Waals surface area contributed by atoms with E-state index < -0.39 is 0 Å². The predicted molar refractivity (Wildman–Crippen MR) is 139 cm³/mol. The molecular formula is C28H30N4O4. The van der Waals surface area contributed by atoms with Crippen LogP contribution in [0.5, 0.6) is 17.6 Å². The number of nitrogens with one attached hydrogen (secondary N) is 2. The van der Waals surface area contributed by atoms with Crippen LogP contribution < -0.4 is 20.1 Å². The highest BCUT2D eigenvalue weighted by atomic mass is 16.6. The van der Waals surface area contributed by atoms with E-state index in [1.807, 2.05) is 78.9 Å². The van der Waals surface area contributed by atoms with Gasteiger partial charge in [-0.05, 0) is 67.8 Å². The Balaban J connectivity index is 1.01. The molecule has 2 amide bonds. The molecule has 5 rings (SSSR count). The molecule has 1 fully saturated rings. The lowest BCUT2D eigenvalue weighted by molar-refractivity contribution is 0.199. The van der Waals surface area contributed by atoms with Gasteiger partial charge in [-0.2, -0.15) is 4.98 Å². The number of para-hydroxylation sites is 3. The van der Waals surface area contributed by atoms with Gasteiger partial charge in [0.25, 0.3) is 0 Å². The highest BCUT2D eigenvalue weighted by molar-refractivity contribution is 5.89. The monoisotopic (exact) mass is 486 g/mol. The summed E-state index contributed by atoms with van der Waals surface area (Å²) in [5.74, 6) is 1.42. The van der Waals surface area contributed by atoms with E-state index in [2.05, 4.69) is 20.5 Å². The molecule has 4 aromatic rings. The summed E-state index contributed by atoms with van der Waals surface area (Å²) in [4.78, 5) is 18.8. The number of urea groups is 1. The first-order chi connectivity index (χ1) is 17.7. The molecule has 1 heterocycles. The lowest BCUT2D eigenvalue weighted by Gasteiger charge is -2.22. The number of ether oxygens (including phenoxy) is 2. The van der Waals surface area contributed by atoms with Gasteiger partial charge in [0.15, 0.2) is 5.58 Å². The van der Waals surface area contributed by atoms with Gasteiger partial charge in [-0.15, -0.1) is 0 Å². The SMILES string of the molecule is O=C(NCCCN(CCOc1ccc(Oc2nc3ccccc3o2)cc1)C1CC1)Nc1ccccc1. The number of rotatable bonds is 12. The smallest absolute Gasteiger partial charge is 0.400 e. The van der Waals surface area contributed by atoms with Gasteiger partial charge in [0.2, 0.25) is 0 Å². The molecule has 2 N–H and O–H groups in total. The highest BCUT2D eigenvalue weighted by Gasteiger charge is 2.28. The van der Waals surface area contributed by atoms with Crippen LogP contribution in [0.1, 0.15) is 19.3 Å². The molecule has 1 aromatic heterocycles. The topological polar surface area (TPSA) is 88.9 Å². The fraction of sp³-hybridized carbons (Fsp3) is 0.286. The number of anilines is 1. The van der Waals surface area contributed by atoms with Crippen molar-refractivity contribution in [1.82, 2.24) is 15.2 Å². The van der Waals surface area contributed by atoms with Gasteiger partial charge in [0.05, 0.1) is 0 Å². The van der Waals surface area contributed by atoms with Crippen molar-refractivity contribution in [3.8, 4) is 17.6 Å². The molecule has 1 saturated carbocycles. The first kappa shape index (κ1) is 23.7. The molecule has 186 valence electrons. The third kappa shape index (κ3) is 6.76. The second-order valence-corrected chi connectivity index (χ2v) is 8.74. The van der Waals surface area contributed by atoms with Gasteiger partial charge in [0.1, 0.15) is 23.6 Å². The number of oxazole rings is 1. The van der Waals surface area contributed by atoms with Crippen LogP contribution in [0.15, 0.2) is 83.3 Å². The number of benzene rings is 3. The van der Waals surface area contributed by atoms with Crippen LogP contribution in [0.4, 0.5) is 10.5 Å². The average molecular weight is 487 g/mol. The van der Waals surface area contributed by atoms with Crippen molar-refractivity contribution in [2.45, 2.75) is 25.3 Å². The number of hydrogen-bond acceptors (Lipinski definition) is 6. The second kappa shape index (κ2) is 11.6. The van der Waals surface area contributed by atoms with Gasteiger partial charge >= 0.3 is 12.1 Å². The van der Waals surface area contributed by atoms with Crippen molar-refractivity contribution in [2.75, 3.05) is 31.6 Å². The number of carbonyl (C=O) groups excluding carboxylic acids is 1. The summed E-state index contributed by atoms with van der Waals surface area (Å²) < 4.78 is 17.3. The maximum atomic E-state index is 12.0. The number of carbonyl (C=O) groups is 1. The molecule has 8 nitrogen and oxygen atoms in total. The van der Waals surface area contributed by atoms with Crippen molar-refractivity contribution in [2.24, 2.45) is 0 Å². The van der Waals surface area contributed by atoms with Crippen LogP contribution in [0.25, 0.3) is 11.1 Å². The summed E-state index contributed by atoms with van der Waals surface area (Å²) in [6.45, 7) is 3.01. The number of fused-ring (bicyclic) bond motifs is 1. The van der Waals surface area contributed by atoms with Crippen molar-refractivity contribution >= 4 is 22.8 Å². The van der Waals surface area contributed by atoms with Gasteiger partial charge < -0.3 is 24.5 Å². The number of nitrogens with zero attached hydrogens (tertiary/aromatic N) is 2. The first-order valence-electron chi connectivity index (χ1n) is 12.3. The van der Waals surface area contributed by atoms with Crippen LogP contribution in [-0.2, 0) is 0 Å². The van der Waals surface area contributed by atoms with Crippen molar-refractivity contribution in [3.63, 3.8) is 0 Å². The third-order valence-corrected chi connectivity index (χ3v) is 5.95. The zero-order chi connectivity index (χ0) is 24.6. The molecule has 0 saturated heterocycles. The van der Waals surface area contributed by atoms with E-state index in [1.165, 1.54) is 12.8 Å². The van der Waals surface area contributed by atoms with Crippen molar-refractivity contribution < 1.29 is 18.7 Å². The molecular weight excluding hydrogens is 456 g/mol. The maximum Gasteiger partial charge on any atom is 0.400 e. The molecule has 0 unspecified atom stereocenters. The molecule has 8 heteroatoms. The summed E-state index contributed by atoms with van der Waals surface area (Å²) in [5.41, 5.74) is 2.25. The molecule has 0 aliphatic heterocycles. The zero-order valence-corrected chi connectivity index (χ0v) is 20.1. The average Bonchev–Trinajstić information content (AvgIpc) is 3.66. The molecule has 0 spiro atoms. The molecule has 0 bridgehead atoms. The fourth-order valence-electron chi connectivity index (χ4n) is 3.98. The van der Waals surface area contributed by atoms with Gasteiger partial charge in [-0.1, -0.05) is 30.3 Å². The lowest BCUT2D eigenvalue weighted by Crippen LogP contribution is -2.35. The summed E-state index contributed by atoms with van der Waals surface area (Å²) in [5, 5.41) is 5.77. The van der Waals surface area contributed by atoms with Gasteiger partial charge in [-0.3, -0.25) is 4.90 Å². The molecule has 3 aromatic carbocycles. The van der Waals surface area contributed by atoms with Crippen LogP contribution in [0.2, 0.25) is 0 Å². The van der Waals surface area contributed by atoms with Crippen LogP contribution in [-0.4, -0.2) is 48.2 Å². The molecule has 36 heavy (non-hydrogen) atoms. The summed E-state index contributed by atoms with van der Waals surface area (Å²) in [6, 6.07) is 24.9. The van der Waals surface area contributed by atoms with Gasteiger partial charge in [0, 0.05) is 31.4 Å². The Kier molecular flexibility index (Phi) is 7.63. The normalized spacial score (nSPS) is 13.0. The highest BCUT2D eigenvalue weighted by Crippen LogP contribution is 2.28.